The SMILES string of the molecule is COc1ccc2c(c1)CCC(C)(Cl)C2=O. The van der Waals surface area contributed by atoms with Crippen molar-refractivity contribution in [2.24, 2.45) is 0 Å². The Hall–Kier alpha value is -1.02. The average Bonchev–Trinajstić information content (AvgIpc) is 2.23. The predicted molar refractivity (Wildman–Crippen MR) is 59.9 cm³/mol. The topological polar surface area (TPSA) is 26.3 Å². The van der Waals surface area contributed by atoms with E-state index < -0.39 is 4.87 Å². The van der Waals surface area contributed by atoms with Crippen LogP contribution in [0, 0.1) is 0 Å². The lowest BCUT2D eigenvalue weighted by Gasteiger charge is -2.27. The van der Waals surface area contributed by atoms with Gasteiger partial charge in [-0.05, 0) is 43.5 Å². The summed E-state index contributed by atoms with van der Waals surface area (Å²) in [5, 5.41) is 0. The molecule has 0 aliphatic heterocycles. The minimum Gasteiger partial charge on any atom is -0.497 e. The molecule has 15 heavy (non-hydrogen) atoms. The van der Waals surface area contributed by atoms with Crippen LogP contribution in [-0.2, 0) is 6.42 Å². The van der Waals surface area contributed by atoms with Gasteiger partial charge in [0.05, 0.1) is 7.11 Å². The number of hydrogen-bond acceptors (Lipinski definition) is 2. The highest BCUT2D eigenvalue weighted by molar-refractivity contribution is 6.38. The number of ketones is 1. The van der Waals surface area contributed by atoms with Crippen molar-refractivity contribution in [2.75, 3.05) is 7.11 Å². The molecular formula is C12H13ClO2. The average molecular weight is 225 g/mol. The van der Waals surface area contributed by atoms with E-state index in [2.05, 4.69) is 0 Å². The Labute approximate surface area is 94.2 Å². The van der Waals surface area contributed by atoms with E-state index in [0.717, 1.165) is 23.3 Å². The Morgan fingerprint density at radius 2 is 2.20 bits per heavy atom. The summed E-state index contributed by atoms with van der Waals surface area (Å²) in [4.78, 5) is 11.2. The molecule has 0 saturated carbocycles. The Morgan fingerprint density at radius 3 is 2.87 bits per heavy atom. The number of ether oxygens (including phenoxy) is 1. The van der Waals surface area contributed by atoms with Crippen molar-refractivity contribution in [1.82, 2.24) is 0 Å². The molecule has 1 aliphatic carbocycles. The van der Waals surface area contributed by atoms with Crippen molar-refractivity contribution < 1.29 is 9.53 Å². The van der Waals surface area contributed by atoms with Gasteiger partial charge in [0.2, 0.25) is 0 Å². The molecule has 0 fully saturated rings. The van der Waals surface area contributed by atoms with Gasteiger partial charge in [0.1, 0.15) is 10.6 Å². The van der Waals surface area contributed by atoms with Crippen LogP contribution in [-0.4, -0.2) is 17.8 Å². The second-order valence-corrected chi connectivity index (χ2v) is 4.88. The summed E-state index contributed by atoms with van der Waals surface area (Å²) in [5.74, 6) is 0.813. The third kappa shape index (κ3) is 1.74. The highest BCUT2D eigenvalue weighted by Gasteiger charge is 2.36. The molecule has 0 aromatic heterocycles. The first kappa shape index (κ1) is 10.5. The maximum Gasteiger partial charge on any atom is 0.183 e. The summed E-state index contributed by atoms with van der Waals surface area (Å²) >= 11 is 6.14. The van der Waals surface area contributed by atoms with E-state index in [0.29, 0.717) is 6.42 Å². The number of Topliss-reactive ketones (excluding diaryl/α,β-unsaturated/α-hetero) is 1. The zero-order valence-corrected chi connectivity index (χ0v) is 9.60. The van der Waals surface area contributed by atoms with E-state index in [1.54, 1.807) is 26.2 Å². The molecule has 0 saturated heterocycles. The molecule has 3 heteroatoms. The minimum absolute atomic E-state index is 0.0214. The number of methoxy groups -OCH3 is 1. The van der Waals surface area contributed by atoms with Crippen LogP contribution in [0.15, 0.2) is 18.2 Å². The Balaban J connectivity index is 2.46. The van der Waals surface area contributed by atoms with Gasteiger partial charge in [-0.1, -0.05) is 0 Å². The van der Waals surface area contributed by atoms with Crippen LogP contribution >= 0.6 is 11.6 Å². The fourth-order valence-corrected chi connectivity index (χ4v) is 2.09. The molecular weight excluding hydrogens is 212 g/mol. The molecule has 0 amide bonds. The predicted octanol–water partition coefficient (Wildman–Crippen LogP) is 2.82. The van der Waals surface area contributed by atoms with E-state index >= 15 is 0 Å². The number of rotatable bonds is 1. The van der Waals surface area contributed by atoms with Gasteiger partial charge in [-0.2, -0.15) is 0 Å². The summed E-state index contributed by atoms with van der Waals surface area (Å²) < 4.78 is 5.12. The number of carbonyl (C=O) groups is 1. The van der Waals surface area contributed by atoms with Crippen LogP contribution in [0.5, 0.6) is 5.75 Å². The van der Waals surface area contributed by atoms with E-state index in [1.807, 2.05) is 6.07 Å². The minimum atomic E-state index is -0.735. The van der Waals surface area contributed by atoms with Gasteiger partial charge in [-0.15, -0.1) is 11.6 Å². The van der Waals surface area contributed by atoms with Gasteiger partial charge in [0.25, 0.3) is 0 Å². The number of halogens is 1. The van der Waals surface area contributed by atoms with Gasteiger partial charge in [-0.25, -0.2) is 0 Å². The third-order valence-electron chi connectivity index (χ3n) is 2.89. The summed E-state index contributed by atoms with van der Waals surface area (Å²) in [5.41, 5.74) is 1.78. The van der Waals surface area contributed by atoms with Crippen molar-refractivity contribution in [3.63, 3.8) is 0 Å². The molecule has 1 aromatic rings. The lowest BCUT2D eigenvalue weighted by atomic mass is 9.83. The molecule has 80 valence electrons. The van der Waals surface area contributed by atoms with Gasteiger partial charge >= 0.3 is 0 Å². The first-order valence-corrected chi connectivity index (χ1v) is 5.33. The number of hydrogen-bond donors (Lipinski definition) is 0. The van der Waals surface area contributed by atoms with Crippen LogP contribution in [0.25, 0.3) is 0 Å². The number of aryl methyl sites for hydroxylation is 1. The van der Waals surface area contributed by atoms with E-state index in [-0.39, 0.29) is 5.78 Å². The molecule has 0 spiro atoms. The summed E-state index contributed by atoms with van der Waals surface area (Å²) in [6, 6.07) is 5.52. The second-order valence-electron chi connectivity index (χ2n) is 4.05. The molecule has 2 rings (SSSR count). The monoisotopic (exact) mass is 224 g/mol. The van der Waals surface area contributed by atoms with Crippen molar-refractivity contribution in [3.8, 4) is 5.75 Å². The van der Waals surface area contributed by atoms with Crippen LogP contribution in [0.4, 0.5) is 0 Å². The van der Waals surface area contributed by atoms with Crippen molar-refractivity contribution in [1.29, 1.82) is 0 Å². The molecule has 0 heterocycles. The van der Waals surface area contributed by atoms with Crippen LogP contribution in [0.1, 0.15) is 29.3 Å². The fourth-order valence-electron chi connectivity index (χ4n) is 1.89. The third-order valence-corrected chi connectivity index (χ3v) is 3.25. The number of fused-ring (bicyclic) bond motifs is 1. The standard InChI is InChI=1S/C12H13ClO2/c1-12(13)6-5-8-7-9(15-2)3-4-10(8)11(12)14/h3-4,7H,5-6H2,1-2H3. The molecule has 2 nitrogen and oxygen atoms in total. The lowest BCUT2D eigenvalue weighted by Crippen LogP contribution is -2.34. The zero-order valence-electron chi connectivity index (χ0n) is 8.84. The number of carbonyl (C=O) groups excluding carboxylic acids is 1. The summed E-state index contributed by atoms with van der Waals surface area (Å²) in [7, 11) is 1.62. The Morgan fingerprint density at radius 1 is 1.47 bits per heavy atom. The quantitative estimate of drug-likeness (QED) is 0.686. The molecule has 1 aromatic carbocycles. The fraction of sp³-hybridized carbons (Fsp3) is 0.417. The highest BCUT2D eigenvalue weighted by atomic mass is 35.5. The maximum absolute atomic E-state index is 12.0. The highest BCUT2D eigenvalue weighted by Crippen LogP contribution is 2.34. The van der Waals surface area contributed by atoms with Gasteiger partial charge in [0.15, 0.2) is 5.78 Å². The van der Waals surface area contributed by atoms with Crippen molar-refractivity contribution in [3.05, 3.63) is 29.3 Å². The lowest BCUT2D eigenvalue weighted by molar-refractivity contribution is 0.0932. The number of alkyl halides is 1. The van der Waals surface area contributed by atoms with Crippen LogP contribution in [0.2, 0.25) is 0 Å². The molecule has 0 bridgehead atoms. The molecule has 1 atom stereocenters. The molecule has 0 N–H and O–H groups in total. The maximum atomic E-state index is 12.0. The van der Waals surface area contributed by atoms with Crippen LogP contribution in [0.3, 0.4) is 0 Å². The number of benzene rings is 1. The molecule has 0 radical (unpaired) electrons. The largest absolute Gasteiger partial charge is 0.497 e. The molecule has 1 unspecified atom stereocenters. The van der Waals surface area contributed by atoms with Crippen molar-refractivity contribution in [2.45, 2.75) is 24.6 Å². The first-order valence-electron chi connectivity index (χ1n) is 4.95. The first-order chi connectivity index (χ1) is 7.04. The van der Waals surface area contributed by atoms with Crippen molar-refractivity contribution >= 4 is 17.4 Å². The Kier molecular flexibility index (Phi) is 2.47. The van der Waals surface area contributed by atoms with E-state index in [1.165, 1.54) is 0 Å². The zero-order chi connectivity index (χ0) is 11.1. The summed E-state index contributed by atoms with van der Waals surface area (Å²) in [6.07, 6.45) is 1.52. The smallest absolute Gasteiger partial charge is 0.183 e. The van der Waals surface area contributed by atoms with E-state index in [4.69, 9.17) is 16.3 Å². The summed E-state index contributed by atoms with van der Waals surface area (Å²) in [6.45, 7) is 1.78. The van der Waals surface area contributed by atoms with Crippen LogP contribution < -0.4 is 4.74 Å². The second kappa shape index (κ2) is 3.53. The Bertz CT molecular complexity index is 410. The van der Waals surface area contributed by atoms with E-state index in [9.17, 15) is 4.79 Å². The van der Waals surface area contributed by atoms with Gasteiger partial charge in [0, 0.05) is 5.56 Å². The van der Waals surface area contributed by atoms with Gasteiger partial charge < -0.3 is 4.74 Å². The van der Waals surface area contributed by atoms with Gasteiger partial charge in [-0.3, -0.25) is 4.79 Å². The molecule has 1 aliphatic rings. The normalized spacial score (nSPS) is 24.9.